The second kappa shape index (κ2) is 5.48. The lowest BCUT2D eigenvalue weighted by atomic mass is 10.2. The summed E-state index contributed by atoms with van der Waals surface area (Å²) in [5, 5.41) is 0. The van der Waals surface area contributed by atoms with Gasteiger partial charge in [-0.05, 0) is 59.6 Å². The number of hydrogen-bond donors (Lipinski definition) is 0. The standard InChI is InChI=1S/C14H14BrFN2/c1-3-18(12-6-4-5-11(16)8-12)14-13(15)7-10(2)9-17-14/h4-9H,3H2,1-2H3. The van der Waals surface area contributed by atoms with Crippen LogP contribution in [0.5, 0.6) is 0 Å². The minimum absolute atomic E-state index is 0.241. The molecule has 18 heavy (non-hydrogen) atoms. The summed E-state index contributed by atoms with van der Waals surface area (Å²) in [7, 11) is 0. The summed E-state index contributed by atoms with van der Waals surface area (Å²) in [6, 6.07) is 8.53. The van der Waals surface area contributed by atoms with E-state index in [1.165, 1.54) is 12.1 Å². The highest BCUT2D eigenvalue weighted by Crippen LogP contribution is 2.30. The van der Waals surface area contributed by atoms with E-state index in [4.69, 9.17) is 0 Å². The first kappa shape index (κ1) is 13.0. The Balaban J connectivity index is 2.45. The van der Waals surface area contributed by atoms with Crippen molar-refractivity contribution in [2.24, 2.45) is 0 Å². The third-order valence-corrected chi connectivity index (χ3v) is 3.23. The molecule has 94 valence electrons. The molecular formula is C14H14BrFN2. The lowest BCUT2D eigenvalue weighted by molar-refractivity contribution is 0.627. The van der Waals surface area contributed by atoms with Gasteiger partial charge in [-0.1, -0.05) is 6.07 Å². The number of halogens is 2. The molecular weight excluding hydrogens is 295 g/mol. The summed E-state index contributed by atoms with van der Waals surface area (Å²) in [6.07, 6.45) is 1.81. The lowest BCUT2D eigenvalue weighted by Crippen LogP contribution is -2.18. The molecule has 0 bridgehead atoms. The van der Waals surface area contributed by atoms with E-state index in [-0.39, 0.29) is 5.82 Å². The first-order valence-electron chi connectivity index (χ1n) is 5.77. The first-order valence-corrected chi connectivity index (χ1v) is 6.56. The van der Waals surface area contributed by atoms with Crippen LogP contribution >= 0.6 is 15.9 Å². The van der Waals surface area contributed by atoms with Crippen LogP contribution in [0.2, 0.25) is 0 Å². The van der Waals surface area contributed by atoms with Gasteiger partial charge in [-0.15, -0.1) is 0 Å². The number of pyridine rings is 1. The summed E-state index contributed by atoms with van der Waals surface area (Å²) >= 11 is 3.51. The number of anilines is 2. The van der Waals surface area contributed by atoms with E-state index >= 15 is 0 Å². The topological polar surface area (TPSA) is 16.1 Å². The van der Waals surface area contributed by atoms with Crippen molar-refractivity contribution in [2.45, 2.75) is 13.8 Å². The van der Waals surface area contributed by atoms with Gasteiger partial charge in [0, 0.05) is 18.4 Å². The largest absolute Gasteiger partial charge is 0.326 e. The Bertz CT molecular complexity index is 557. The molecule has 0 aliphatic rings. The van der Waals surface area contributed by atoms with Gasteiger partial charge in [0.2, 0.25) is 0 Å². The molecule has 0 fully saturated rings. The van der Waals surface area contributed by atoms with E-state index in [2.05, 4.69) is 20.9 Å². The summed E-state index contributed by atoms with van der Waals surface area (Å²) in [5.74, 6) is 0.558. The Labute approximate surface area is 115 Å². The van der Waals surface area contributed by atoms with Crippen LogP contribution in [0.15, 0.2) is 41.0 Å². The average molecular weight is 309 g/mol. The van der Waals surface area contributed by atoms with Crippen LogP contribution < -0.4 is 4.90 Å². The summed E-state index contributed by atoms with van der Waals surface area (Å²) in [5.41, 5.74) is 1.88. The molecule has 2 aromatic rings. The minimum atomic E-state index is -0.241. The van der Waals surface area contributed by atoms with Gasteiger partial charge < -0.3 is 4.90 Å². The Morgan fingerprint density at radius 2 is 2.11 bits per heavy atom. The van der Waals surface area contributed by atoms with E-state index in [1.54, 1.807) is 6.07 Å². The highest BCUT2D eigenvalue weighted by atomic mass is 79.9. The Morgan fingerprint density at radius 1 is 1.33 bits per heavy atom. The summed E-state index contributed by atoms with van der Waals surface area (Å²) in [4.78, 5) is 6.38. The van der Waals surface area contributed by atoms with Gasteiger partial charge in [-0.25, -0.2) is 9.37 Å². The lowest BCUT2D eigenvalue weighted by Gasteiger charge is -2.23. The van der Waals surface area contributed by atoms with Crippen LogP contribution in [-0.4, -0.2) is 11.5 Å². The minimum Gasteiger partial charge on any atom is -0.326 e. The quantitative estimate of drug-likeness (QED) is 0.833. The van der Waals surface area contributed by atoms with Crippen molar-refractivity contribution in [1.29, 1.82) is 0 Å². The number of aromatic nitrogens is 1. The molecule has 0 N–H and O–H groups in total. The maximum atomic E-state index is 13.3. The van der Waals surface area contributed by atoms with Crippen molar-refractivity contribution in [2.75, 3.05) is 11.4 Å². The van der Waals surface area contributed by atoms with Crippen molar-refractivity contribution in [3.8, 4) is 0 Å². The van der Waals surface area contributed by atoms with Gasteiger partial charge in [0.25, 0.3) is 0 Å². The molecule has 2 rings (SSSR count). The predicted octanol–water partition coefficient (Wildman–Crippen LogP) is 4.45. The molecule has 0 amide bonds. The zero-order valence-electron chi connectivity index (χ0n) is 10.3. The number of rotatable bonds is 3. The Morgan fingerprint density at radius 3 is 2.72 bits per heavy atom. The van der Waals surface area contributed by atoms with Gasteiger partial charge in [-0.2, -0.15) is 0 Å². The van der Waals surface area contributed by atoms with Crippen LogP contribution in [0.1, 0.15) is 12.5 Å². The zero-order valence-corrected chi connectivity index (χ0v) is 11.9. The van der Waals surface area contributed by atoms with Gasteiger partial charge in [-0.3, -0.25) is 0 Å². The fraction of sp³-hybridized carbons (Fsp3) is 0.214. The van der Waals surface area contributed by atoms with E-state index in [1.807, 2.05) is 37.1 Å². The number of benzene rings is 1. The normalized spacial score (nSPS) is 10.4. The molecule has 0 aliphatic carbocycles. The summed E-state index contributed by atoms with van der Waals surface area (Å²) in [6.45, 7) is 4.72. The molecule has 1 aromatic heterocycles. The van der Waals surface area contributed by atoms with Crippen molar-refractivity contribution >= 4 is 27.4 Å². The van der Waals surface area contributed by atoms with Crippen LogP contribution in [0.4, 0.5) is 15.9 Å². The molecule has 0 saturated heterocycles. The molecule has 0 aliphatic heterocycles. The van der Waals surface area contributed by atoms with Gasteiger partial charge >= 0.3 is 0 Å². The molecule has 1 aromatic carbocycles. The highest BCUT2D eigenvalue weighted by Gasteiger charge is 2.12. The maximum Gasteiger partial charge on any atom is 0.147 e. The molecule has 0 saturated carbocycles. The van der Waals surface area contributed by atoms with E-state index < -0.39 is 0 Å². The fourth-order valence-electron chi connectivity index (χ4n) is 1.82. The Hall–Kier alpha value is -1.42. The van der Waals surface area contributed by atoms with Crippen LogP contribution in [0, 0.1) is 12.7 Å². The van der Waals surface area contributed by atoms with Gasteiger partial charge in [0.1, 0.15) is 11.6 Å². The molecule has 1 heterocycles. The van der Waals surface area contributed by atoms with E-state index in [9.17, 15) is 4.39 Å². The number of aryl methyl sites for hydroxylation is 1. The van der Waals surface area contributed by atoms with Crippen LogP contribution in [-0.2, 0) is 0 Å². The Kier molecular flexibility index (Phi) is 3.97. The molecule has 0 radical (unpaired) electrons. The number of nitrogens with zero attached hydrogens (tertiary/aromatic N) is 2. The predicted molar refractivity (Wildman–Crippen MR) is 75.8 cm³/mol. The van der Waals surface area contributed by atoms with Crippen LogP contribution in [0.25, 0.3) is 0 Å². The highest BCUT2D eigenvalue weighted by molar-refractivity contribution is 9.10. The SMILES string of the molecule is CCN(c1cccc(F)c1)c1ncc(C)cc1Br. The monoisotopic (exact) mass is 308 g/mol. The third-order valence-electron chi connectivity index (χ3n) is 2.65. The first-order chi connectivity index (χ1) is 8.61. The smallest absolute Gasteiger partial charge is 0.147 e. The molecule has 0 atom stereocenters. The second-order valence-electron chi connectivity index (χ2n) is 4.04. The molecule has 0 spiro atoms. The van der Waals surface area contributed by atoms with Crippen molar-refractivity contribution < 1.29 is 4.39 Å². The third kappa shape index (κ3) is 2.70. The molecule has 2 nitrogen and oxygen atoms in total. The zero-order chi connectivity index (χ0) is 13.1. The van der Waals surface area contributed by atoms with Gasteiger partial charge in [0.05, 0.1) is 4.47 Å². The van der Waals surface area contributed by atoms with Gasteiger partial charge in [0.15, 0.2) is 0 Å². The van der Waals surface area contributed by atoms with E-state index in [0.29, 0.717) is 0 Å². The molecule has 4 heteroatoms. The van der Waals surface area contributed by atoms with Crippen molar-refractivity contribution in [3.05, 3.63) is 52.4 Å². The van der Waals surface area contributed by atoms with Crippen molar-refractivity contribution in [1.82, 2.24) is 4.98 Å². The average Bonchev–Trinajstić information content (AvgIpc) is 2.33. The second-order valence-corrected chi connectivity index (χ2v) is 4.90. The van der Waals surface area contributed by atoms with Crippen LogP contribution in [0.3, 0.4) is 0 Å². The van der Waals surface area contributed by atoms with Crippen molar-refractivity contribution in [3.63, 3.8) is 0 Å². The maximum absolute atomic E-state index is 13.3. The fourth-order valence-corrected chi connectivity index (χ4v) is 2.50. The molecule has 0 unspecified atom stereocenters. The number of hydrogen-bond acceptors (Lipinski definition) is 2. The van der Waals surface area contributed by atoms with E-state index in [0.717, 1.165) is 28.1 Å². The summed E-state index contributed by atoms with van der Waals surface area (Å²) < 4.78 is 14.2.